The zero-order valence-corrected chi connectivity index (χ0v) is 7.19. The van der Waals surface area contributed by atoms with E-state index in [1.807, 2.05) is 18.2 Å². The van der Waals surface area contributed by atoms with Gasteiger partial charge in [-0.3, -0.25) is 0 Å². The minimum atomic E-state index is 0.906. The smallest absolute Gasteiger partial charge is 0.106 e. The molecule has 66 valence electrons. The van der Waals surface area contributed by atoms with E-state index < -0.39 is 0 Å². The SMILES string of the molecule is CON=Cc1cccc2[nH]cnc12. The molecule has 4 nitrogen and oxygen atoms in total. The van der Waals surface area contributed by atoms with Gasteiger partial charge in [-0.1, -0.05) is 17.3 Å². The summed E-state index contributed by atoms with van der Waals surface area (Å²) in [5, 5.41) is 3.69. The van der Waals surface area contributed by atoms with Crippen LogP contribution in [0.25, 0.3) is 11.0 Å². The number of nitrogens with zero attached hydrogens (tertiary/aromatic N) is 2. The van der Waals surface area contributed by atoms with Gasteiger partial charge in [0.25, 0.3) is 0 Å². The summed E-state index contributed by atoms with van der Waals surface area (Å²) in [5.74, 6) is 0. The first kappa shape index (κ1) is 7.79. The van der Waals surface area contributed by atoms with Crippen LogP contribution in [0.5, 0.6) is 0 Å². The van der Waals surface area contributed by atoms with Crippen molar-refractivity contribution in [2.24, 2.45) is 5.16 Å². The fourth-order valence-corrected chi connectivity index (χ4v) is 1.20. The lowest BCUT2D eigenvalue weighted by Crippen LogP contribution is -1.83. The van der Waals surface area contributed by atoms with E-state index >= 15 is 0 Å². The maximum atomic E-state index is 4.60. The maximum absolute atomic E-state index is 4.60. The largest absolute Gasteiger partial charge is 0.399 e. The highest BCUT2D eigenvalue weighted by molar-refractivity contribution is 5.95. The number of para-hydroxylation sites is 1. The molecule has 0 saturated heterocycles. The Morgan fingerprint density at radius 2 is 2.46 bits per heavy atom. The van der Waals surface area contributed by atoms with Crippen molar-refractivity contribution in [3.63, 3.8) is 0 Å². The van der Waals surface area contributed by atoms with E-state index in [-0.39, 0.29) is 0 Å². The fourth-order valence-electron chi connectivity index (χ4n) is 1.20. The van der Waals surface area contributed by atoms with Crippen LogP contribution in [-0.2, 0) is 4.84 Å². The average Bonchev–Trinajstić information content (AvgIpc) is 2.62. The van der Waals surface area contributed by atoms with Gasteiger partial charge in [-0.25, -0.2) is 4.98 Å². The molecule has 0 bridgehead atoms. The van der Waals surface area contributed by atoms with Gasteiger partial charge in [-0.05, 0) is 6.07 Å². The molecule has 0 aliphatic carbocycles. The molecule has 0 fully saturated rings. The van der Waals surface area contributed by atoms with E-state index in [1.165, 1.54) is 7.11 Å². The van der Waals surface area contributed by atoms with Crippen molar-refractivity contribution < 1.29 is 4.84 Å². The van der Waals surface area contributed by atoms with Crippen LogP contribution in [0.15, 0.2) is 29.7 Å². The molecule has 0 amide bonds. The Balaban J connectivity index is 2.54. The molecule has 13 heavy (non-hydrogen) atoms. The number of hydrogen-bond donors (Lipinski definition) is 1. The fraction of sp³-hybridized carbons (Fsp3) is 0.111. The summed E-state index contributed by atoms with van der Waals surface area (Å²) in [4.78, 5) is 11.8. The molecule has 2 aromatic rings. The summed E-state index contributed by atoms with van der Waals surface area (Å²) in [6.07, 6.45) is 3.30. The number of oxime groups is 1. The Kier molecular flexibility index (Phi) is 1.96. The number of fused-ring (bicyclic) bond motifs is 1. The van der Waals surface area contributed by atoms with E-state index in [4.69, 9.17) is 0 Å². The predicted octanol–water partition coefficient (Wildman–Crippen LogP) is 1.54. The van der Waals surface area contributed by atoms with Crippen LogP contribution in [0.1, 0.15) is 5.56 Å². The van der Waals surface area contributed by atoms with Crippen molar-refractivity contribution in [3.05, 3.63) is 30.1 Å². The quantitative estimate of drug-likeness (QED) is 0.556. The van der Waals surface area contributed by atoms with E-state index in [0.29, 0.717) is 0 Å². The van der Waals surface area contributed by atoms with Gasteiger partial charge in [0, 0.05) is 5.56 Å². The average molecular weight is 175 g/mol. The number of nitrogens with one attached hydrogen (secondary N) is 1. The second kappa shape index (κ2) is 3.26. The molecule has 0 radical (unpaired) electrons. The Hall–Kier alpha value is -1.84. The summed E-state index contributed by atoms with van der Waals surface area (Å²) in [6.45, 7) is 0. The standard InChI is InChI=1S/C9H9N3O/c1-13-12-5-7-3-2-4-8-9(7)11-6-10-8/h2-6H,1H3,(H,10,11). The monoisotopic (exact) mass is 175 g/mol. The number of aromatic nitrogens is 2. The Morgan fingerprint density at radius 1 is 1.54 bits per heavy atom. The topological polar surface area (TPSA) is 50.3 Å². The van der Waals surface area contributed by atoms with Crippen molar-refractivity contribution in [3.8, 4) is 0 Å². The molecule has 0 atom stereocenters. The van der Waals surface area contributed by atoms with Gasteiger partial charge in [-0.15, -0.1) is 0 Å². The molecule has 1 aromatic carbocycles. The van der Waals surface area contributed by atoms with Crippen LogP contribution in [0, 0.1) is 0 Å². The van der Waals surface area contributed by atoms with Gasteiger partial charge in [0.2, 0.25) is 0 Å². The number of imidazole rings is 1. The summed E-state index contributed by atoms with van der Waals surface area (Å²) in [7, 11) is 1.52. The van der Waals surface area contributed by atoms with Crippen LogP contribution in [0.2, 0.25) is 0 Å². The van der Waals surface area contributed by atoms with Gasteiger partial charge < -0.3 is 9.82 Å². The van der Waals surface area contributed by atoms with Crippen molar-refractivity contribution in [1.29, 1.82) is 0 Å². The first-order chi connectivity index (χ1) is 6.42. The second-order valence-electron chi connectivity index (χ2n) is 2.56. The molecule has 1 heterocycles. The number of H-pyrrole nitrogens is 1. The number of aromatic amines is 1. The molecule has 0 aliphatic rings. The lowest BCUT2D eigenvalue weighted by molar-refractivity contribution is 0.215. The predicted molar refractivity (Wildman–Crippen MR) is 50.7 cm³/mol. The number of rotatable bonds is 2. The number of benzene rings is 1. The van der Waals surface area contributed by atoms with E-state index in [2.05, 4.69) is 20.0 Å². The highest BCUT2D eigenvalue weighted by Crippen LogP contribution is 2.12. The molecule has 2 rings (SSSR count). The van der Waals surface area contributed by atoms with Crippen LogP contribution in [0.4, 0.5) is 0 Å². The van der Waals surface area contributed by atoms with Gasteiger partial charge in [0.1, 0.15) is 7.11 Å². The van der Waals surface area contributed by atoms with Gasteiger partial charge in [-0.2, -0.15) is 0 Å². The molecule has 0 spiro atoms. The molecule has 0 aliphatic heterocycles. The lowest BCUT2D eigenvalue weighted by atomic mass is 10.2. The van der Waals surface area contributed by atoms with E-state index in [9.17, 15) is 0 Å². The van der Waals surface area contributed by atoms with E-state index in [0.717, 1.165) is 16.6 Å². The van der Waals surface area contributed by atoms with Crippen LogP contribution in [0.3, 0.4) is 0 Å². The summed E-state index contributed by atoms with van der Waals surface area (Å²) >= 11 is 0. The maximum Gasteiger partial charge on any atom is 0.106 e. The number of hydrogen-bond acceptors (Lipinski definition) is 3. The van der Waals surface area contributed by atoms with Crippen LogP contribution >= 0.6 is 0 Å². The Morgan fingerprint density at radius 3 is 3.31 bits per heavy atom. The minimum absolute atomic E-state index is 0.906. The normalized spacial score (nSPS) is 11.2. The zero-order valence-electron chi connectivity index (χ0n) is 7.19. The molecule has 1 aromatic heterocycles. The summed E-state index contributed by atoms with van der Waals surface area (Å²) in [5.41, 5.74) is 2.85. The Labute approximate surface area is 75.2 Å². The van der Waals surface area contributed by atoms with Crippen molar-refractivity contribution >= 4 is 17.2 Å². The molecule has 1 N–H and O–H groups in total. The Bertz CT molecular complexity index is 433. The first-order valence-electron chi connectivity index (χ1n) is 3.90. The third-order valence-corrected chi connectivity index (χ3v) is 1.78. The van der Waals surface area contributed by atoms with Crippen LogP contribution in [-0.4, -0.2) is 23.3 Å². The molecule has 4 heteroatoms. The lowest BCUT2D eigenvalue weighted by Gasteiger charge is -1.93. The summed E-state index contributed by atoms with van der Waals surface area (Å²) in [6, 6.07) is 5.84. The van der Waals surface area contributed by atoms with E-state index in [1.54, 1.807) is 12.5 Å². The van der Waals surface area contributed by atoms with Crippen LogP contribution < -0.4 is 0 Å². The second-order valence-corrected chi connectivity index (χ2v) is 2.56. The molecular weight excluding hydrogens is 166 g/mol. The van der Waals surface area contributed by atoms with Gasteiger partial charge in [0.15, 0.2) is 0 Å². The third-order valence-electron chi connectivity index (χ3n) is 1.78. The zero-order chi connectivity index (χ0) is 9.10. The minimum Gasteiger partial charge on any atom is -0.399 e. The van der Waals surface area contributed by atoms with Gasteiger partial charge in [0.05, 0.1) is 23.6 Å². The van der Waals surface area contributed by atoms with Crippen molar-refractivity contribution in [1.82, 2.24) is 9.97 Å². The van der Waals surface area contributed by atoms with Crippen molar-refractivity contribution in [2.45, 2.75) is 0 Å². The molecule has 0 unspecified atom stereocenters. The third kappa shape index (κ3) is 1.38. The highest BCUT2D eigenvalue weighted by Gasteiger charge is 1.99. The first-order valence-corrected chi connectivity index (χ1v) is 3.90. The van der Waals surface area contributed by atoms with Crippen molar-refractivity contribution in [2.75, 3.05) is 7.11 Å². The summed E-state index contributed by atoms with van der Waals surface area (Å²) < 4.78 is 0. The highest BCUT2D eigenvalue weighted by atomic mass is 16.6. The molecule has 0 saturated carbocycles. The van der Waals surface area contributed by atoms with Gasteiger partial charge >= 0.3 is 0 Å². The molecular formula is C9H9N3O.